The van der Waals surface area contributed by atoms with Crippen LogP contribution in [0.25, 0.3) is 0 Å². The van der Waals surface area contributed by atoms with Gasteiger partial charge in [-0.1, -0.05) is 41.7 Å². The Labute approximate surface area is 160 Å². The standard InChI is InChI=1S/C15H18Cl3N3O2S/c1-5-11-10(7-20(3)19-11)15(22)21(23-4)8(2)6-9-12(16)14(18)24-13(9)17/h7-8H,5-6H2,1-4H3. The van der Waals surface area contributed by atoms with E-state index in [1.807, 2.05) is 13.8 Å². The Morgan fingerprint density at radius 3 is 2.58 bits per heavy atom. The molecule has 0 fully saturated rings. The first-order valence-corrected chi connectivity index (χ1v) is 9.27. The third kappa shape index (κ3) is 3.89. The van der Waals surface area contributed by atoms with E-state index in [-0.39, 0.29) is 11.9 Å². The fourth-order valence-corrected chi connectivity index (χ4v) is 4.43. The van der Waals surface area contributed by atoms with Crippen LogP contribution in [0.4, 0.5) is 0 Å². The molecule has 2 aromatic heterocycles. The number of rotatable bonds is 6. The number of amides is 1. The Bertz CT molecular complexity index is 745. The van der Waals surface area contributed by atoms with Crippen LogP contribution in [0.2, 0.25) is 13.7 Å². The summed E-state index contributed by atoms with van der Waals surface area (Å²) in [6.07, 6.45) is 2.79. The number of hydrogen-bond acceptors (Lipinski definition) is 4. The van der Waals surface area contributed by atoms with Crippen molar-refractivity contribution < 1.29 is 9.63 Å². The van der Waals surface area contributed by atoms with Crippen molar-refractivity contribution in [2.45, 2.75) is 32.7 Å². The lowest BCUT2D eigenvalue weighted by Gasteiger charge is -2.26. The second-order valence-electron chi connectivity index (χ2n) is 5.33. The number of hydroxylamine groups is 2. The average molecular weight is 411 g/mol. The van der Waals surface area contributed by atoms with Gasteiger partial charge in [-0.3, -0.25) is 14.3 Å². The first-order valence-electron chi connectivity index (χ1n) is 7.32. The maximum Gasteiger partial charge on any atom is 0.281 e. The molecule has 9 heteroatoms. The second kappa shape index (κ2) is 8.06. The SMILES string of the molecule is CCc1nn(C)cc1C(=O)N(OC)C(C)Cc1c(Cl)sc(Cl)c1Cl. The van der Waals surface area contributed by atoms with Gasteiger partial charge in [-0.2, -0.15) is 5.10 Å². The topological polar surface area (TPSA) is 47.4 Å². The van der Waals surface area contributed by atoms with Gasteiger partial charge in [0.15, 0.2) is 0 Å². The third-order valence-corrected chi connectivity index (χ3v) is 5.94. The molecule has 0 aliphatic carbocycles. The van der Waals surface area contributed by atoms with Crippen LogP contribution in [0.15, 0.2) is 6.20 Å². The lowest BCUT2D eigenvalue weighted by Crippen LogP contribution is -2.39. The van der Waals surface area contributed by atoms with Gasteiger partial charge < -0.3 is 0 Å². The third-order valence-electron chi connectivity index (χ3n) is 3.62. The van der Waals surface area contributed by atoms with Crippen LogP contribution < -0.4 is 0 Å². The van der Waals surface area contributed by atoms with Crippen LogP contribution in [0.5, 0.6) is 0 Å². The van der Waals surface area contributed by atoms with E-state index in [0.29, 0.717) is 32.1 Å². The van der Waals surface area contributed by atoms with Crippen LogP contribution >= 0.6 is 46.1 Å². The van der Waals surface area contributed by atoms with Gasteiger partial charge in [0.25, 0.3) is 5.91 Å². The number of thiophene rings is 1. The van der Waals surface area contributed by atoms with E-state index in [1.54, 1.807) is 17.9 Å². The molecule has 0 radical (unpaired) electrons. The molecule has 1 unspecified atom stereocenters. The molecular weight excluding hydrogens is 393 g/mol. The van der Waals surface area contributed by atoms with Crippen LogP contribution in [-0.2, 0) is 24.7 Å². The zero-order chi connectivity index (χ0) is 18.0. The summed E-state index contributed by atoms with van der Waals surface area (Å²) in [4.78, 5) is 18.2. The molecule has 1 amide bonds. The monoisotopic (exact) mass is 409 g/mol. The zero-order valence-corrected chi connectivity index (χ0v) is 16.9. The van der Waals surface area contributed by atoms with Crippen molar-refractivity contribution in [3.05, 3.63) is 36.7 Å². The van der Waals surface area contributed by atoms with Gasteiger partial charge in [0.05, 0.1) is 33.8 Å². The first kappa shape index (κ1) is 19.5. The predicted octanol–water partition coefficient (Wildman–Crippen LogP) is 4.64. The molecule has 132 valence electrons. The van der Waals surface area contributed by atoms with Gasteiger partial charge in [-0.15, -0.1) is 11.3 Å². The Morgan fingerprint density at radius 2 is 2.08 bits per heavy atom. The van der Waals surface area contributed by atoms with Crippen LogP contribution in [0.1, 0.15) is 35.5 Å². The van der Waals surface area contributed by atoms with E-state index >= 15 is 0 Å². The summed E-state index contributed by atoms with van der Waals surface area (Å²) in [6, 6.07) is -0.284. The fourth-order valence-electron chi connectivity index (χ4n) is 2.49. The Morgan fingerprint density at radius 1 is 1.42 bits per heavy atom. The molecule has 1 atom stereocenters. The molecule has 0 N–H and O–H groups in total. The van der Waals surface area contributed by atoms with E-state index in [1.165, 1.54) is 23.5 Å². The predicted molar refractivity (Wildman–Crippen MR) is 98.3 cm³/mol. The van der Waals surface area contributed by atoms with Crippen molar-refractivity contribution in [3.63, 3.8) is 0 Å². The molecule has 24 heavy (non-hydrogen) atoms. The molecule has 2 rings (SSSR count). The van der Waals surface area contributed by atoms with Crippen molar-refractivity contribution in [1.29, 1.82) is 0 Å². The molecule has 0 saturated heterocycles. The highest BCUT2D eigenvalue weighted by Gasteiger charge is 2.27. The second-order valence-corrected chi connectivity index (χ2v) is 7.93. The Balaban J connectivity index is 2.25. The molecule has 2 heterocycles. The first-order chi connectivity index (χ1) is 11.3. The number of halogens is 3. The van der Waals surface area contributed by atoms with Gasteiger partial charge in [-0.25, -0.2) is 5.06 Å². The highest BCUT2D eigenvalue weighted by atomic mass is 35.5. The van der Waals surface area contributed by atoms with Crippen molar-refractivity contribution in [1.82, 2.24) is 14.8 Å². The highest BCUT2D eigenvalue weighted by molar-refractivity contribution is 7.20. The van der Waals surface area contributed by atoms with Gasteiger partial charge in [0.2, 0.25) is 0 Å². The van der Waals surface area contributed by atoms with Crippen molar-refractivity contribution in [2.24, 2.45) is 7.05 Å². The minimum atomic E-state index is -0.284. The molecule has 0 aliphatic heterocycles. The van der Waals surface area contributed by atoms with Gasteiger partial charge in [-0.05, 0) is 19.8 Å². The molecule has 5 nitrogen and oxygen atoms in total. The smallest absolute Gasteiger partial charge is 0.275 e. The number of carbonyl (C=O) groups excluding carboxylic acids is 1. The van der Waals surface area contributed by atoms with E-state index in [4.69, 9.17) is 39.6 Å². The summed E-state index contributed by atoms with van der Waals surface area (Å²) < 4.78 is 2.59. The van der Waals surface area contributed by atoms with Crippen molar-refractivity contribution >= 4 is 52.0 Å². The number of nitrogens with zero attached hydrogens (tertiary/aromatic N) is 3. The Kier molecular flexibility index (Phi) is 6.56. The summed E-state index contributed by atoms with van der Waals surface area (Å²) in [7, 11) is 3.24. The van der Waals surface area contributed by atoms with E-state index in [2.05, 4.69) is 5.10 Å². The highest BCUT2D eigenvalue weighted by Crippen LogP contribution is 2.41. The lowest BCUT2D eigenvalue weighted by molar-refractivity contribution is -0.119. The summed E-state index contributed by atoms with van der Waals surface area (Å²) >= 11 is 19.6. The summed E-state index contributed by atoms with van der Waals surface area (Å²) in [5.41, 5.74) is 1.97. The molecule has 0 saturated carbocycles. The van der Waals surface area contributed by atoms with Crippen LogP contribution in [-0.4, -0.2) is 33.9 Å². The maximum atomic E-state index is 12.8. The number of aromatic nitrogens is 2. The molecule has 2 aromatic rings. The van der Waals surface area contributed by atoms with Crippen LogP contribution in [0.3, 0.4) is 0 Å². The van der Waals surface area contributed by atoms with E-state index in [0.717, 1.165) is 11.3 Å². The lowest BCUT2D eigenvalue weighted by atomic mass is 10.1. The molecule has 0 spiro atoms. The quantitative estimate of drug-likeness (QED) is 0.652. The minimum Gasteiger partial charge on any atom is -0.275 e. The van der Waals surface area contributed by atoms with Crippen molar-refractivity contribution in [2.75, 3.05) is 7.11 Å². The maximum absolute atomic E-state index is 12.8. The normalized spacial score (nSPS) is 12.5. The summed E-state index contributed by atoms with van der Waals surface area (Å²) in [6.45, 7) is 3.81. The van der Waals surface area contributed by atoms with Gasteiger partial charge >= 0.3 is 0 Å². The van der Waals surface area contributed by atoms with Crippen LogP contribution in [0, 0.1) is 0 Å². The summed E-state index contributed by atoms with van der Waals surface area (Å²) in [5.74, 6) is -0.247. The fraction of sp³-hybridized carbons (Fsp3) is 0.467. The number of aryl methyl sites for hydroxylation is 2. The molecular formula is C15H18Cl3N3O2S. The van der Waals surface area contributed by atoms with Gasteiger partial charge in [0, 0.05) is 18.8 Å². The summed E-state index contributed by atoms with van der Waals surface area (Å²) in [5, 5.41) is 6.04. The number of carbonyl (C=O) groups is 1. The largest absolute Gasteiger partial charge is 0.281 e. The molecule has 0 aromatic carbocycles. The van der Waals surface area contributed by atoms with Gasteiger partial charge in [0.1, 0.15) is 4.34 Å². The average Bonchev–Trinajstić information content (AvgIpc) is 3.02. The molecule has 0 aliphatic rings. The zero-order valence-electron chi connectivity index (χ0n) is 13.8. The van der Waals surface area contributed by atoms with Crippen molar-refractivity contribution in [3.8, 4) is 0 Å². The van der Waals surface area contributed by atoms with E-state index < -0.39 is 0 Å². The van der Waals surface area contributed by atoms with E-state index in [9.17, 15) is 4.79 Å². The molecule has 0 bridgehead atoms. The Hall–Kier alpha value is -0.790. The number of hydrogen-bond donors (Lipinski definition) is 0. The minimum absolute atomic E-state index is 0.247.